The van der Waals surface area contributed by atoms with Gasteiger partial charge in [-0.3, -0.25) is 19.9 Å². The Morgan fingerprint density at radius 3 is 1.39 bits per heavy atom. The molecule has 10 aromatic rings. The van der Waals surface area contributed by atoms with Gasteiger partial charge in [0.2, 0.25) is 0 Å². The number of nitrogens with zero attached hydrogens (tertiary/aromatic N) is 4. The number of anilines is 4. The van der Waals surface area contributed by atoms with E-state index in [-0.39, 0.29) is 11.5 Å². The van der Waals surface area contributed by atoms with Gasteiger partial charge in [-0.1, -0.05) is 46.4 Å². The number of halogens is 6. The van der Waals surface area contributed by atoms with Crippen molar-refractivity contribution in [2.24, 2.45) is 5.73 Å². The molecule has 4 aliphatic heterocycles. The number of aromatic nitrogens is 4. The summed E-state index contributed by atoms with van der Waals surface area (Å²) in [5.74, 6) is 1.20. The van der Waals surface area contributed by atoms with Crippen LogP contribution >= 0.6 is 117 Å². The summed E-state index contributed by atoms with van der Waals surface area (Å²) in [6.45, 7) is 6.26. The third kappa shape index (κ3) is 23.8. The molecule has 16 nitrogen and oxygen atoms in total. The summed E-state index contributed by atoms with van der Waals surface area (Å²) in [5.41, 5.74) is 12.8. The van der Waals surface area contributed by atoms with Crippen molar-refractivity contribution in [3.63, 3.8) is 0 Å². The maximum Gasteiger partial charge on any atom is 0.181 e. The topological polar surface area (TPSA) is 200 Å². The number of thioether (sulfide) groups is 2. The average molecular weight is 1690 g/mol. The molecule has 1 aliphatic carbocycles. The van der Waals surface area contributed by atoms with Gasteiger partial charge in [-0.05, 0) is 215 Å². The fourth-order valence-electron chi connectivity index (χ4n) is 12.0. The predicted octanol–water partition coefficient (Wildman–Crippen LogP) is 20.4. The zero-order valence-electron chi connectivity index (χ0n) is 57.5. The first kappa shape index (κ1) is 80.6. The van der Waals surface area contributed by atoms with Gasteiger partial charge in [-0.15, -0.1) is 35.1 Å². The van der Waals surface area contributed by atoms with E-state index >= 15 is 0 Å². The Hall–Kier alpha value is -4.90. The van der Waals surface area contributed by atoms with E-state index in [1.807, 2.05) is 96.5 Å². The number of fused-ring (bicyclic) bond motifs is 4. The van der Waals surface area contributed by atoms with E-state index in [9.17, 15) is 8.42 Å². The van der Waals surface area contributed by atoms with Crippen LogP contribution in [0, 0.1) is 3.57 Å². The molecule has 1 saturated carbocycles. The van der Waals surface area contributed by atoms with E-state index in [4.69, 9.17) is 96.9 Å². The standard InChI is InChI=1S/C21H21ClN2O4S.C21H21ClN2O2S.C14H14ClNOS.C9H5ClIN.C7H14ClNO.C5H10OS/c1-27-21-12-14(2-4-18(21)22)24-20-6-9-23-19-5-3-16(13-17(19)20)29(25,26)15-7-10-28-11-8-15;1-25-21-12-14(2-4-18(21)22)24-20-6-9-23-19-5-3-16(13-17(19)20)27-15-7-10-26-11-8-15;15-13-3-6-16-14-2-1-11(9-12(13)14)18-10-4-7-17-8-5-10;10-8-3-4-12-9-2-1-6(11)5-7(8)9;1-10-7-4-5(9)2-3-6(7)8;7-5-1-3-6-4-2-5/h2-6,9,12-13,15H,7-8,10-11H2,1H3,(H,23,24);2-6,9,12-13,15H,7-8,10-11H2,1H3,(H,23,24);1-3,6,9-10H,4-5,7-8H2;1-5H;5-7H,2-4,9H2,1H3;5,7H,1-4H2. The zero-order chi connectivity index (χ0) is 72.7. The molecule has 6 aromatic carbocycles. The van der Waals surface area contributed by atoms with Crippen molar-refractivity contribution in [3.8, 4) is 11.5 Å². The Kier molecular flexibility index (Phi) is 32.0. The number of sulfone groups is 1. The summed E-state index contributed by atoms with van der Waals surface area (Å²) >= 11 is 40.8. The second-order valence-corrected chi connectivity index (χ2v) is 34.0. The van der Waals surface area contributed by atoms with Crippen LogP contribution in [-0.4, -0.2) is 141 Å². The lowest BCUT2D eigenvalue weighted by Gasteiger charge is -2.29. The van der Waals surface area contributed by atoms with Crippen LogP contribution < -0.4 is 25.8 Å². The van der Waals surface area contributed by atoms with Crippen LogP contribution in [0.25, 0.3) is 43.6 Å². The molecule has 15 rings (SSSR count). The Morgan fingerprint density at radius 2 is 0.922 bits per heavy atom. The fourth-order valence-corrected chi connectivity index (χ4v) is 17.8. The molecule has 0 amide bonds. The van der Waals surface area contributed by atoms with E-state index < -0.39 is 15.1 Å². The molecular weight excluding hydrogens is 1600 g/mol. The number of rotatable bonds is 13. The highest BCUT2D eigenvalue weighted by Gasteiger charge is 2.30. The van der Waals surface area contributed by atoms with E-state index in [0.717, 1.165) is 168 Å². The number of alkyl halides is 1. The molecule has 0 radical (unpaired) electrons. The Labute approximate surface area is 656 Å². The molecule has 5 aliphatic rings. The van der Waals surface area contributed by atoms with E-state index in [1.165, 1.54) is 13.4 Å². The monoisotopic (exact) mass is 1680 g/mol. The minimum Gasteiger partial charge on any atom is -0.495 e. The number of ether oxygens (including phenoxy) is 7. The second kappa shape index (κ2) is 40.9. The molecule has 26 heteroatoms. The summed E-state index contributed by atoms with van der Waals surface area (Å²) in [6.07, 6.45) is 17.8. The molecule has 3 unspecified atom stereocenters. The summed E-state index contributed by atoms with van der Waals surface area (Å²) in [4.78, 5) is 20.2. The largest absolute Gasteiger partial charge is 0.495 e. The van der Waals surface area contributed by atoms with Gasteiger partial charge in [0.1, 0.15) is 11.5 Å². The van der Waals surface area contributed by atoms with Gasteiger partial charge in [0.25, 0.3) is 0 Å². The van der Waals surface area contributed by atoms with Crippen LogP contribution in [-0.2, 0) is 33.5 Å². The first-order valence-corrected chi connectivity index (χ1v) is 41.0. The predicted molar refractivity (Wildman–Crippen MR) is 438 cm³/mol. The number of nitrogens with two attached hydrogens (primary N) is 1. The lowest BCUT2D eigenvalue weighted by atomic mass is 9.93. The van der Waals surface area contributed by atoms with Crippen molar-refractivity contribution in [2.45, 2.75) is 124 Å². The number of hydrogen-bond donors (Lipinski definition) is 4. The van der Waals surface area contributed by atoms with Gasteiger partial charge >= 0.3 is 0 Å². The van der Waals surface area contributed by atoms with E-state index in [2.05, 4.69) is 96.1 Å². The van der Waals surface area contributed by atoms with Crippen molar-refractivity contribution < 1.29 is 41.6 Å². The fraction of sp³-hybridized carbons (Fsp3) is 0.377. The van der Waals surface area contributed by atoms with Gasteiger partial charge in [-0.25, -0.2) is 8.42 Å². The maximum atomic E-state index is 13.1. The minimum absolute atomic E-state index is 0.171. The lowest BCUT2D eigenvalue weighted by Crippen LogP contribution is -2.38. The SMILES string of the molecule is COC1CC(N)CCC1Cl.COc1cc(Nc2ccnc3ccc(S(=O)(=O)C4CCOCC4)cc23)ccc1Cl.COc1cc(Nc2ccnc3ccc(SC4CCOCC4)cc23)ccc1Cl.Clc1ccnc2ccc(I)cc12.Clc1ccnc2ccc(SC3CCOCC3)cc12.SC1CCOCC1. The third-order valence-corrected chi connectivity index (χ3v) is 25.6. The average Bonchev–Trinajstić information content (AvgIpc) is 0.783. The van der Waals surface area contributed by atoms with Crippen LogP contribution in [0.4, 0.5) is 22.7 Å². The molecule has 4 aromatic heterocycles. The highest BCUT2D eigenvalue weighted by Crippen LogP contribution is 2.39. The van der Waals surface area contributed by atoms with Gasteiger partial charge in [0.05, 0.1) is 78.0 Å². The summed E-state index contributed by atoms with van der Waals surface area (Å²) in [6, 6.07) is 42.7. The van der Waals surface area contributed by atoms with Gasteiger partial charge in [0.15, 0.2) is 9.84 Å². The number of hydrogen-bond acceptors (Lipinski definition) is 19. The van der Waals surface area contributed by atoms with Crippen LogP contribution in [0.1, 0.15) is 70.6 Å². The van der Waals surface area contributed by atoms with Crippen molar-refractivity contribution >= 4 is 193 Å². The molecule has 3 atom stereocenters. The molecule has 5 fully saturated rings. The minimum atomic E-state index is -3.43. The molecule has 0 bridgehead atoms. The van der Waals surface area contributed by atoms with E-state index in [1.54, 1.807) is 76.3 Å². The summed E-state index contributed by atoms with van der Waals surface area (Å²) in [7, 11) is 1.43. The van der Waals surface area contributed by atoms with Crippen LogP contribution in [0.5, 0.6) is 11.5 Å². The van der Waals surface area contributed by atoms with Gasteiger partial charge in [-0.2, -0.15) is 12.6 Å². The molecule has 0 spiro atoms. The number of thiol groups is 1. The first-order valence-electron chi connectivity index (χ1n) is 34.2. The van der Waals surface area contributed by atoms with Crippen molar-refractivity contribution in [3.05, 3.63) is 182 Å². The summed E-state index contributed by atoms with van der Waals surface area (Å²) in [5, 5.41) is 15.0. The highest BCUT2D eigenvalue weighted by atomic mass is 127. The molecular formula is C77H85Cl5IN7O9S4. The van der Waals surface area contributed by atoms with Crippen molar-refractivity contribution in [2.75, 3.05) is 84.8 Å². The Morgan fingerprint density at radius 1 is 0.495 bits per heavy atom. The zero-order valence-corrected chi connectivity index (χ0v) is 66.7. The van der Waals surface area contributed by atoms with Crippen LogP contribution in [0.3, 0.4) is 0 Å². The van der Waals surface area contributed by atoms with Gasteiger partial charge in [0, 0.05) is 176 Å². The maximum absolute atomic E-state index is 13.1. The Balaban J connectivity index is 0.000000141. The normalized spacial score (nSPS) is 18.3. The molecule has 103 heavy (non-hydrogen) atoms. The quantitative estimate of drug-likeness (QED) is 0.0482. The summed E-state index contributed by atoms with van der Waals surface area (Å²) < 4.78 is 64.4. The van der Waals surface area contributed by atoms with Crippen LogP contribution in [0.2, 0.25) is 20.1 Å². The van der Waals surface area contributed by atoms with Crippen LogP contribution in [0.15, 0.2) is 173 Å². The Bertz CT molecular complexity index is 4510. The van der Waals surface area contributed by atoms with Gasteiger partial charge < -0.3 is 49.5 Å². The third-order valence-electron chi connectivity index (χ3n) is 17.7. The van der Waals surface area contributed by atoms with Crippen molar-refractivity contribution in [1.82, 2.24) is 19.9 Å². The molecule has 4 saturated heterocycles. The highest BCUT2D eigenvalue weighted by molar-refractivity contribution is 14.1. The van der Waals surface area contributed by atoms with E-state index in [0.29, 0.717) is 79.8 Å². The molecule has 548 valence electrons. The molecule has 4 N–H and O–H groups in total. The number of pyridine rings is 4. The number of benzene rings is 6. The van der Waals surface area contributed by atoms with Crippen molar-refractivity contribution in [1.29, 1.82) is 0 Å². The first-order chi connectivity index (χ1) is 49.9. The number of methoxy groups -OCH3 is 3. The second-order valence-electron chi connectivity index (χ2n) is 24.9. The number of nitrogens with one attached hydrogen (secondary N) is 2. The lowest BCUT2D eigenvalue weighted by molar-refractivity contribution is 0.0679. The smallest absolute Gasteiger partial charge is 0.181 e. The molecule has 8 heterocycles.